The van der Waals surface area contributed by atoms with E-state index in [1.165, 1.54) is 11.1 Å². The van der Waals surface area contributed by atoms with Gasteiger partial charge in [-0.25, -0.2) is 0 Å². The van der Waals surface area contributed by atoms with Gasteiger partial charge in [-0.2, -0.15) is 5.10 Å². The highest BCUT2D eigenvalue weighted by Crippen LogP contribution is 2.07. The van der Waals surface area contributed by atoms with Crippen molar-refractivity contribution in [3.05, 3.63) is 53.3 Å². The third kappa shape index (κ3) is 5.32. The zero-order chi connectivity index (χ0) is 15.1. The van der Waals surface area contributed by atoms with Crippen LogP contribution in [0, 0.1) is 0 Å². The van der Waals surface area contributed by atoms with Gasteiger partial charge in [-0.15, -0.1) is 24.0 Å². The quantitative estimate of drug-likeness (QED) is 0.450. The summed E-state index contributed by atoms with van der Waals surface area (Å²) < 4.78 is 0. The molecule has 0 radical (unpaired) electrons. The lowest BCUT2D eigenvalue weighted by Crippen LogP contribution is -2.38. The molecule has 120 valence electrons. The number of hydrogen-bond donors (Lipinski definition) is 2. The minimum absolute atomic E-state index is 0. The number of aliphatic imine (C=N–C) groups is 1. The first kappa shape index (κ1) is 18.5. The predicted octanol–water partition coefficient (Wildman–Crippen LogP) is 2.80. The van der Waals surface area contributed by atoms with E-state index in [4.69, 9.17) is 0 Å². The molecule has 2 aromatic rings. The Morgan fingerprint density at radius 3 is 2.45 bits per heavy atom. The van der Waals surface area contributed by atoms with Crippen molar-refractivity contribution in [2.75, 3.05) is 14.1 Å². The number of H-pyrrole nitrogens is 1. The van der Waals surface area contributed by atoms with E-state index in [0.29, 0.717) is 6.54 Å². The zero-order valence-electron chi connectivity index (χ0n) is 13.3. The summed E-state index contributed by atoms with van der Waals surface area (Å²) in [5, 5.41) is 10.2. The van der Waals surface area contributed by atoms with Crippen LogP contribution in [-0.4, -0.2) is 35.2 Å². The molecule has 22 heavy (non-hydrogen) atoms. The minimum Gasteiger partial charge on any atom is -0.351 e. The van der Waals surface area contributed by atoms with Gasteiger partial charge in [0.25, 0.3) is 0 Å². The average Bonchev–Trinajstić information content (AvgIpc) is 3.02. The van der Waals surface area contributed by atoms with Crippen LogP contribution in [0.2, 0.25) is 0 Å². The Morgan fingerprint density at radius 1 is 1.23 bits per heavy atom. The maximum atomic E-state index is 4.31. The van der Waals surface area contributed by atoms with Gasteiger partial charge in [0.1, 0.15) is 0 Å². The number of aromatic amines is 1. The molecule has 1 aromatic heterocycles. The third-order valence-electron chi connectivity index (χ3n) is 3.42. The highest BCUT2D eigenvalue weighted by atomic mass is 127. The maximum Gasteiger partial charge on any atom is 0.194 e. The van der Waals surface area contributed by atoms with Gasteiger partial charge in [-0.05, 0) is 23.6 Å². The second-order valence-electron chi connectivity index (χ2n) is 5.01. The summed E-state index contributed by atoms with van der Waals surface area (Å²) in [5.41, 5.74) is 3.68. The molecule has 0 aliphatic heterocycles. The first-order valence-electron chi connectivity index (χ1n) is 7.20. The van der Waals surface area contributed by atoms with Crippen LogP contribution >= 0.6 is 24.0 Å². The number of nitrogens with one attached hydrogen (secondary N) is 2. The Balaban J connectivity index is 0.00000242. The second-order valence-corrected chi connectivity index (χ2v) is 5.01. The van der Waals surface area contributed by atoms with Gasteiger partial charge in [-0.1, -0.05) is 31.2 Å². The summed E-state index contributed by atoms with van der Waals surface area (Å²) in [6, 6.07) is 10.7. The van der Waals surface area contributed by atoms with Gasteiger partial charge in [0.05, 0.1) is 12.2 Å². The Kier molecular flexibility index (Phi) is 7.94. The Bertz CT molecular complexity index is 563. The number of guanidine groups is 1. The number of benzene rings is 1. The van der Waals surface area contributed by atoms with Crippen LogP contribution in [0.25, 0.3) is 0 Å². The van der Waals surface area contributed by atoms with Gasteiger partial charge in [0.15, 0.2) is 5.96 Å². The van der Waals surface area contributed by atoms with Crippen molar-refractivity contribution in [3.63, 3.8) is 0 Å². The Labute approximate surface area is 149 Å². The van der Waals surface area contributed by atoms with Crippen LogP contribution < -0.4 is 5.32 Å². The van der Waals surface area contributed by atoms with E-state index in [0.717, 1.165) is 24.6 Å². The molecule has 0 aliphatic carbocycles. The molecule has 0 saturated carbocycles. The molecule has 0 spiro atoms. The van der Waals surface area contributed by atoms with Crippen molar-refractivity contribution < 1.29 is 0 Å². The number of rotatable bonds is 5. The van der Waals surface area contributed by atoms with Crippen LogP contribution in [0.1, 0.15) is 23.7 Å². The molecule has 6 heteroatoms. The fourth-order valence-electron chi connectivity index (χ4n) is 2.17. The van der Waals surface area contributed by atoms with E-state index < -0.39 is 0 Å². The van der Waals surface area contributed by atoms with E-state index in [1.54, 1.807) is 13.2 Å². The number of nitrogens with zero attached hydrogens (tertiary/aromatic N) is 3. The lowest BCUT2D eigenvalue weighted by Gasteiger charge is -2.22. The van der Waals surface area contributed by atoms with Gasteiger partial charge in [0.2, 0.25) is 0 Å². The first-order valence-corrected chi connectivity index (χ1v) is 7.20. The maximum absolute atomic E-state index is 4.31. The first-order chi connectivity index (χ1) is 10.2. The van der Waals surface area contributed by atoms with Gasteiger partial charge < -0.3 is 10.2 Å². The van der Waals surface area contributed by atoms with Crippen LogP contribution in [-0.2, 0) is 19.5 Å². The van der Waals surface area contributed by atoms with Crippen molar-refractivity contribution in [3.8, 4) is 0 Å². The molecule has 1 heterocycles. The highest BCUT2D eigenvalue weighted by molar-refractivity contribution is 14.0. The zero-order valence-corrected chi connectivity index (χ0v) is 15.7. The SMILES string of the molecule is CCc1ccc(CN(C)C(=NC)NCc2ccn[nH]2)cc1.I. The fourth-order valence-corrected chi connectivity index (χ4v) is 2.17. The fraction of sp³-hybridized carbons (Fsp3) is 0.375. The Morgan fingerprint density at radius 2 is 1.91 bits per heavy atom. The van der Waals surface area contributed by atoms with E-state index in [1.807, 2.05) is 13.1 Å². The van der Waals surface area contributed by atoms with Crippen LogP contribution in [0.3, 0.4) is 0 Å². The predicted molar refractivity (Wildman–Crippen MR) is 101 cm³/mol. The van der Waals surface area contributed by atoms with Crippen LogP contribution in [0.5, 0.6) is 0 Å². The van der Waals surface area contributed by atoms with Gasteiger partial charge in [0, 0.05) is 26.8 Å². The average molecular weight is 413 g/mol. The molecule has 0 amide bonds. The smallest absolute Gasteiger partial charge is 0.194 e. The minimum atomic E-state index is 0. The summed E-state index contributed by atoms with van der Waals surface area (Å²) >= 11 is 0. The van der Waals surface area contributed by atoms with Crippen molar-refractivity contribution in [1.29, 1.82) is 0 Å². The molecule has 0 aliphatic rings. The molecule has 0 unspecified atom stereocenters. The number of halogens is 1. The Hall–Kier alpha value is -1.57. The molecule has 0 bridgehead atoms. The van der Waals surface area contributed by atoms with Gasteiger partial charge in [-0.3, -0.25) is 10.1 Å². The van der Waals surface area contributed by atoms with E-state index in [9.17, 15) is 0 Å². The van der Waals surface area contributed by atoms with Crippen molar-refractivity contribution in [2.24, 2.45) is 4.99 Å². The van der Waals surface area contributed by atoms with E-state index in [-0.39, 0.29) is 24.0 Å². The molecular formula is C16H24IN5. The number of hydrogen-bond acceptors (Lipinski definition) is 2. The largest absolute Gasteiger partial charge is 0.351 e. The molecular weight excluding hydrogens is 389 g/mol. The third-order valence-corrected chi connectivity index (χ3v) is 3.42. The van der Waals surface area contributed by atoms with Crippen molar-refractivity contribution in [1.82, 2.24) is 20.4 Å². The van der Waals surface area contributed by atoms with Crippen LogP contribution in [0.15, 0.2) is 41.5 Å². The monoisotopic (exact) mass is 413 g/mol. The molecule has 1 aromatic carbocycles. The summed E-state index contributed by atoms with van der Waals surface area (Å²) in [6.45, 7) is 3.68. The van der Waals surface area contributed by atoms with Crippen LogP contribution in [0.4, 0.5) is 0 Å². The summed E-state index contributed by atoms with van der Waals surface area (Å²) in [4.78, 5) is 6.42. The number of aromatic nitrogens is 2. The molecule has 2 rings (SSSR count). The normalized spacial score (nSPS) is 11.0. The summed E-state index contributed by atoms with van der Waals surface area (Å²) in [7, 11) is 3.84. The van der Waals surface area contributed by atoms with E-state index in [2.05, 4.69) is 56.6 Å². The molecule has 2 N–H and O–H groups in total. The topological polar surface area (TPSA) is 56.3 Å². The lowest BCUT2D eigenvalue weighted by atomic mass is 10.1. The lowest BCUT2D eigenvalue weighted by molar-refractivity contribution is 0.476. The highest BCUT2D eigenvalue weighted by Gasteiger charge is 2.06. The molecule has 0 fully saturated rings. The molecule has 5 nitrogen and oxygen atoms in total. The standard InChI is InChI=1S/C16H23N5.HI/c1-4-13-5-7-14(8-6-13)12-21(3)16(17-2)18-11-15-9-10-19-20-15;/h5-10H,4,11-12H2,1-3H3,(H,17,18)(H,19,20);1H. The summed E-state index contributed by atoms with van der Waals surface area (Å²) in [6.07, 6.45) is 2.82. The second kappa shape index (κ2) is 9.45. The molecule has 0 atom stereocenters. The number of aryl methyl sites for hydroxylation is 1. The molecule has 0 saturated heterocycles. The van der Waals surface area contributed by atoms with Crippen molar-refractivity contribution >= 4 is 29.9 Å². The van der Waals surface area contributed by atoms with Crippen molar-refractivity contribution in [2.45, 2.75) is 26.4 Å². The van der Waals surface area contributed by atoms with E-state index >= 15 is 0 Å². The summed E-state index contributed by atoms with van der Waals surface area (Å²) in [5.74, 6) is 0.865. The van der Waals surface area contributed by atoms with Gasteiger partial charge >= 0.3 is 0 Å².